The molecule has 1 aromatic rings. The minimum absolute atomic E-state index is 0.278. The molecule has 4 heteroatoms. The van der Waals surface area contributed by atoms with E-state index in [-0.39, 0.29) is 5.56 Å². The fraction of sp³-hybridized carbons (Fsp3) is 0.654. The van der Waals surface area contributed by atoms with Crippen LogP contribution in [-0.2, 0) is 9.53 Å². The lowest BCUT2D eigenvalue weighted by Crippen LogP contribution is -2.11. The monoisotopic (exact) mass is 415 g/mol. The van der Waals surface area contributed by atoms with Gasteiger partial charge in [0.1, 0.15) is 0 Å². The molecule has 0 amide bonds. The Bertz CT molecular complexity index is 652. The number of hydrogen-bond acceptors (Lipinski definition) is 4. The second kappa shape index (κ2) is 14.9. The van der Waals surface area contributed by atoms with E-state index in [1.165, 1.54) is 50.8 Å². The highest BCUT2D eigenvalue weighted by Gasteiger charge is 2.11. The van der Waals surface area contributed by atoms with Crippen LogP contribution < -0.4 is 0 Å². The van der Waals surface area contributed by atoms with Gasteiger partial charge in [0.15, 0.2) is 0 Å². The largest absolute Gasteiger partial charge is 0.386 e. The highest BCUT2D eigenvalue weighted by atomic mass is 16.6. The Balaban J connectivity index is 2.17. The highest BCUT2D eigenvalue weighted by Crippen LogP contribution is 2.22. The van der Waals surface area contributed by atoms with Crippen LogP contribution in [-0.4, -0.2) is 16.9 Å². The molecule has 2 atom stereocenters. The minimum atomic E-state index is -0.663. The molecule has 1 rings (SSSR count). The van der Waals surface area contributed by atoms with E-state index in [1.807, 2.05) is 6.92 Å². The van der Waals surface area contributed by atoms with Crippen molar-refractivity contribution in [3.63, 3.8) is 0 Å². The standard InChI is InChI=1S/C26H41NO3/c1-20(2)10-6-11-21(3)12-7-13-22(4)14-8-15-23(5)18-25(28)30-26(29)24-16-9-17-27-19-24/h9,16-22H,6-8,10-15H2,1-5H3/b23-18+/t21-,22-/m1/s1. The number of nitrogens with zero attached hydrogens (tertiary/aromatic N) is 1. The Morgan fingerprint density at radius 3 is 2.13 bits per heavy atom. The van der Waals surface area contributed by atoms with Crippen molar-refractivity contribution in [2.45, 2.75) is 92.4 Å². The summed E-state index contributed by atoms with van der Waals surface area (Å²) in [5, 5.41) is 0. The van der Waals surface area contributed by atoms with Crippen molar-refractivity contribution in [1.82, 2.24) is 4.98 Å². The maximum absolute atomic E-state index is 11.9. The predicted octanol–water partition coefficient (Wildman–Crippen LogP) is 7.15. The predicted molar refractivity (Wildman–Crippen MR) is 123 cm³/mol. The third-order valence-corrected chi connectivity index (χ3v) is 5.60. The molecular formula is C26H41NO3. The Morgan fingerprint density at radius 1 is 0.967 bits per heavy atom. The van der Waals surface area contributed by atoms with E-state index >= 15 is 0 Å². The molecule has 0 fully saturated rings. The number of carbonyl (C=O) groups excluding carboxylic acids is 2. The topological polar surface area (TPSA) is 56.3 Å². The summed E-state index contributed by atoms with van der Waals surface area (Å²) < 4.78 is 4.86. The maximum Gasteiger partial charge on any atom is 0.347 e. The van der Waals surface area contributed by atoms with Crippen molar-refractivity contribution < 1.29 is 14.3 Å². The molecular weight excluding hydrogens is 374 g/mol. The fourth-order valence-corrected chi connectivity index (χ4v) is 3.64. The Kier molecular flexibility index (Phi) is 13.0. The van der Waals surface area contributed by atoms with Crippen LogP contribution in [0.2, 0.25) is 0 Å². The van der Waals surface area contributed by atoms with Crippen LogP contribution in [0.4, 0.5) is 0 Å². The van der Waals surface area contributed by atoms with Crippen molar-refractivity contribution in [3.05, 3.63) is 41.7 Å². The molecule has 0 saturated carbocycles. The van der Waals surface area contributed by atoms with E-state index < -0.39 is 11.9 Å². The second-order valence-corrected chi connectivity index (χ2v) is 9.30. The summed E-state index contributed by atoms with van der Waals surface area (Å²) in [6.07, 6.45) is 15.4. The van der Waals surface area contributed by atoms with Gasteiger partial charge in [-0.15, -0.1) is 0 Å². The summed E-state index contributed by atoms with van der Waals surface area (Å²) in [4.78, 5) is 27.6. The third kappa shape index (κ3) is 12.6. The Labute approximate surface area is 183 Å². The van der Waals surface area contributed by atoms with Gasteiger partial charge in [-0.1, -0.05) is 78.2 Å². The average molecular weight is 416 g/mol. The Hall–Kier alpha value is -1.97. The van der Waals surface area contributed by atoms with Crippen LogP contribution in [0.1, 0.15) is 103 Å². The number of esters is 2. The number of hydrogen-bond donors (Lipinski definition) is 0. The van der Waals surface area contributed by atoms with Gasteiger partial charge in [0.25, 0.3) is 0 Å². The molecule has 0 saturated heterocycles. The number of allylic oxidation sites excluding steroid dienone is 1. The molecule has 4 nitrogen and oxygen atoms in total. The zero-order chi connectivity index (χ0) is 22.4. The van der Waals surface area contributed by atoms with Crippen molar-refractivity contribution in [1.29, 1.82) is 0 Å². The minimum Gasteiger partial charge on any atom is -0.386 e. The van der Waals surface area contributed by atoms with E-state index in [0.29, 0.717) is 5.92 Å². The van der Waals surface area contributed by atoms with E-state index in [9.17, 15) is 9.59 Å². The van der Waals surface area contributed by atoms with Gasteiger partial charge in [0.05, 0.1) is 5.56 Å². The van der Waals surface area contributed by atoms with Gasteiger partial charge >= 0.3 is 11.9 Å². The first-order valence-corrected chi connectivity index (χ1v) is 11.6. The molecule has 0 radical (unpaired) electrons. The first-order valence-electron chi connectivity index (χ1n) is 11.6. The number of carbonyl (C=O) groups is 2. The first-order chi connectivity index (χ1) is 14.3. The van der Waals surface area contributed by atoms with Gasteiger partial charge in [-0.3, -0.25) is 4.98 Å². The molecule has 168 valence electrons. The quantitative estimate of drug-likeness (QED) is 0.184. The van der Waals surface area contributed by atoms with Gasteiger partial charge in [-0.2, -0.15) is 0 Å². The van der Waals surface area contributed by atoms with Crippen molar-refractivity contribution >= 4 is 11.9 Å². The SMILES string of the molecule is C/C(=C\C(=O)OC(=O)c1cccnc1)CCC[C@H](C)CCC[C@H](C)CCCC(C)C. The zero-order valence-corrected chi connectivity index (χ0v) is 19.7. The van der Waals surface area contributed by atoms with Crippen LogP contribution in [0, 0.1) is 17.8 Å². The van der Waals surface area contributed by atoms with Crippen molar-refractivity contribution in [2.75, 3.05) is 0 Å². The molecule has 0 spiro atoms. The van der Waals surface area contributed by atoms with Crippen LogP contribution in [0.3, 0.4) is 0 Å². The summed E-state index contributed by atoms with van der Waals surface area (Å²) >= 11 is 0. The third-order valence-electron chi connectivity index (χ3n) is 5.60. The lowest BCUT2D eigenvalue weighted by Gasteiger charge is -2.15. The molecule has 30 heavy (non-hydrogen) atoms. The zero-order valence-electron chi connectivity index (χ0n) is 19.7. The van der Waals surface area contributed by atoms with Gasteiger partial charge in [0, 0.05) is 18.5 Å². The molecule has 1 heterocycles. The van der Waals surface area contributed by atoms with Gasteiger partial charge < -0.3 is 4.74 Å². The van der Waals surface area contributed by atoms with Gasteiger partial charge in [0.2, 0.25) is 0 Å². The molecule has 0 N–H and O–H groups in total. The number of aromatic nitrogens is 1. The summed E-state index contributed by atoms with van der Waals surface area (Å²) in [6, 6.07) is 3.21. The van der Waals surface area contributed by atoms with Crippen LogP contribution in [0.15, 0.2) is 36.2 Å². The summed E-state index contributed by atoms with van der Waals surface area (Å²) in [6.45, 7) is 11.2. The molecule has 1 aromatic heterocycles. The van der Waals surface area contributed by atoms with Crippen LogP contribution >= 0.6 is 0 Å². The molecule has 0 bridgehead atoms. The highest BCUT2D eigenvalue weighted by molar-refractivity contribution is 5.99. The van der Waals surface area contributed by atoms with Crippen LogP contribution in [0.5, 0.6) is 0 Å². The summed E-state index contributed by atoms with van der Waals surface area (Å²) in [5.41, 5.74) is 1.23. The maximum atomic E-state index is 11.9. The molecule has 0 unspecified atom stereocenters. The summed E-state index contributed by atoms with van der Waals surface area (Å²) in [5.74, 6) is 1.09. The fourth-order valence-electron chi connectivity index (χ4n) is 3.64. The first kappa shape index (κ1) is 26.1. The molecule has 0 aromatic carbocycles. The molecule has 0 aliphatic heterocycles. The van der Waals surface area contributed by atoms with Crippen LogP contribution in [0.25, 0.3) is 0 Å². The molecule has 0 aliphatic carbocycles. The average Bonchev–Trinajstić information content (AvgIpc) is 2.68. The summed E-state index contributed by atoms with van der Waals surface area (Å²) in [7, 11) is 0. The lowest BCUT2D eigenvalue weighted by atomic mass is 9.91. The van der Waals surface area contributed by atoms with Crippen molar-refractivity contribution in [3.8, 4) is 0 Å². The normalized spacial score (nSPS) is 13.9. The van der Waals surface area contributed by atoms with Crippen molar-refractivity contribution in [2.24, 2.45) is 17.8 Å². The number of pyridine rings is 1. The van der Waals surface area contributed by atoms with E-state index in [1.54, 1.807) is 18.3 Å². The number of ether oxygens (including phenoxy) is 1. The van der Waals surface area contributed by atoms with E-state index in [0.717, 1.165) is 36.7 Å². The molecule has 0 aliphatic rings. The lowest BCUT2D eigenvalue weighted by molar-refractivity contribution is -0.132. The smallest absolute Gasteiger partial charge is 0.347 e. The van der Waals surface area contributed by atoms with Gasteiger partial charge in [-0.25, -0.2) is 9.59 Å². The Morgan fingerprint density at radius 2 is 1.57 bits per heavy atom. The van der Waals surface area contributed by atoms with Gasteiger partial charge in [-0.05, 0) is 49.7 Å². The van der Waals surface area contributed by atoms with E-state index in [4.69, 9.17) is 4.74 Å². The number of rotatable bonds is 14. The second-order valence-electron chi connectivity index (χ2n) is 9.30. The van der Waals surface area contributed by atoms with E-state index in [2.05, 4.69) is 32.7 Å².